The van der Waals surface area contributed by atoms with Crippen molar-refractivity contribution in [2.24, 2.45) is 5.92 Å². The molecule has 7 nitrogen and oxygen atoms in total. The van der Waals surface area contributed by atoms with E-state index >= 15 is 0 Å². The normalized spacial score (nSPS) is 25.8. The van der Waals surface area contributed by atoms with Gasteiger partial charge in [-0.1, -0.05) is 20.8 Å². The number of aliphatic carboxylic acids is 1. The van der Waals surface area contributed by atoms with Crippen LogP contribution in [0.3, 0.4) is 0 Å². The molecule has 2 rings (SSSR count). The lowest BCUT2D eigenvalue weighted by atomic mass is 9.76. The Hall–Kier alpha value is -1.57. The highest BCUT2D eigenvalue weighted by atomic mass is 16.4. The van der Waals surface area contributed by atoms with Crippen LogP contribution in [0, 0.1) is 5.92 Å². The fourth-order valence-electron chi connectivity index (χ4n) is 3.10. The zero-order valence-corrected chi connectivity index (χ0v) is 15.0. The van der Waals surface area contributed by atoms with Crippen LogP contribution in [-0.4, -0.2) is 59.9 Å². The van der Waals surface area contributed by atoms with Crippen molar-refractivity contribution in [3.8, 4) is 0 Å². The molecule has 1 heterocycles. The molecule has 8 heteroatoms. The largest absolute Gasteiger partial charge is 0.480 e. The minimum Gasteiger partial charge on any atom is -0.480 e. The number of rotatable bonds is 5. The van der Waals surface area contributed by atoms with Crippen LogP contribution in [0.1, 0.15) is 53.4 Å². The Labute approximate surface area is 145 Å². The molecular formula is C16H28BN3O4. The van der Waals surface area contributed by atoms with Gasteiger partial charge in [-0.25, -0.2) is 4.79 Å². The van der Waals surface area contributed by atoms with E-state index in [0.717, 1.165) is 6.42 Å². The lowest BCUT2D eigenvalue weighted by Crippen LogP contribution is -2.62. The number of hydrogen-bond acceptors (Lipinski definition) is 4. The van der Waals surface area contributed by atoms with Crippen LogP contribution >= 0.6 is 0 Å². The molecule has 1 saturated carbocycles. The molecule has 1 saturated heterocycles. The van der Waals surface area contributed by atoms with E-state index in [-0.39, 0.29) is 17.7 Å². The second kappa shape index (κ2) is 8.51. The minimum atomic E-state index is -1.16. The van der Waals surface area contributed by atoms with Gasteiger partial charge in [-0.2, -0.15) is 0 Å². The fraction of sp³-hybridized carbons (Fsp3) is 0.812. The zero-order valence-electron chi connectivity index (χ0n) is 15.0. The Morgan fingerprint density at radius 1 is 1.29 bits per heavy atom. The summed E-state index contributed by atoms with van der Waals surface area (Å²) >= 11 is 0. The maximum atomic E-state index is 12.5. The van der Waals surface area contributed by atoms with Gasteiger partial charge in [-0.15, -0.1) is 0 Å². The Balaban J connectivity index is 0.00000139. The van der Waals surface area contributed by atoms with Gasteiger partial charge in [-0.3, -0.25) is 9.59 Å². The SMILES string of the molecule is CC.[B]N[C@@H](C)C(=O)N1C[C@H](C)C[C@H]1C(=O)NC1(C(=O)O)CCC1. The zero-order chi connectivity index (χ0) is 18.5. The summed E-state index contributed by atoms with van der Waals surface area (Å²) in [5.41, 5.74) is -1.16. The van der Waals surface area contributed by atoms with Gasteiger partial charge < -0.3 is 20.6 Å². The summed E-state index contributed by atoms with van der Waals surface area (Å²) in [7, 11) is 5.29. The van der Waals surface area contributed by atoms with E-state index in [9.17, 15) is 19.5 Å². The molecule has 0 unspecified atom stereocenters. The number of carbonyl (C=O) groups excluding carboxylic acids is 2. The molecule has 2 amide bonds. The summed E-state index contributed by atoms with van der Waals surface area (Å²) in [5, 5.41) is 14.3. The molecule has 0 aromatic carbocycles. The average Bonchev–Trinajstić information content (AvgIpc) is 2.92. The summed E-state index contributed by atoms with van der Waals surface area (Å²) in [6.45, 7) is 8.07. The van der Waals surface area contributed by atoms with E-state index in [1.165, 1.54) is 4.90 Å². The third kappa shape index (κ3) is 4.09. The van der Waals surface area contributed by atoms with Gasteiger partial charge in [0.15, 0.2) is 7.98 Å². The highest BCUT2D eigenvalue weighted by Crippen LogP contribution is 2.33. The van der Waals surface area contributed by atoms with Gasteiger partial charge >= 0.3 is 5.97 Å². The Bertz CT molecular complexity index is 482. The van der Waals surface area contributed by atoms with Crippen LogP contribution < -0.4 is 10.5 Å². The van der Waals surface area contributed by atoms with Gasteiger partial charge in [0.25, 0.3) is 0 Å². The highest BCUT2D eigenvalue weighted by molar-refractivity contribution is 6.07. The van der Waals surface area contributed by atoms with Crippen molar-refractivity contribution >= 4 is 25.8 Å². The summed E-state index contributed by atoms with van der Waals surface area (Å²) in [6.07, 6.45) is 2.19. The van der Waals surface area contributed by atoms with E-state index in [4.69, 9.17) is 7.98 Å². The van der Waals surface area contributed by atoms with Crippen molar-refractivity contribution in [1.82, 2.24) is 15.4 Å². The van der Waals surface area contributed by atoms with E-state index < -0.39 is 23.6 Å². The monoisotopic (exact) mass is 337 g/mol. The van der Waals surface area contributed by atoms with Gasteiger partial charge in [0, 0.05) is 6.54 Å². The Kier molecular flexibility index (Phi) is 7.26. The molecule has 1 aliphatic heterocycles. The molecule has 24 heavy (non-hydrogen) atoms. The third-order valence-electron chi connectivity index (χ3n) is 4.70. The first-order valence-electron chi connectivity index (χ1n) is 8.63. The maximum Gasteiger partial charge on any atom is 0.329 e. The lowest BCUT2D eigenvalue weighted by molar-refractivity contribution is -0.153. The molecule has 3 N–H and O–H groups in total. The first kappa shape index (κ1) is 20.5. The first-order chi connectivity index (χ1) is 11.3. The number of carboxylic acid groups (broad SMARTS) is 1. The molecule has 0 bridgehead atoms. The quantitative estimate of drug-likeness (QED) is 0.632. The number of likely N-dealkylation sites (tertiary alicyclic amines) is 1. The number of amides is 2. The third-order valence-corrected chi connectivity index (χ3v) is 4.70. The maximum absolute atomic E-state index is 12.5. The minimum absolute atomic E-state index is 0.187. The predicted octanol–water partition coefficient (Wildman–Crippen LogP) is 0.435. The molecule has 0 aromatic rings. The lowest BCUT2D eigenvalue weighted by Gasteiger charge is -2.39. The Morgan fingerprint density at radius 3 is 2.29 bits per heavy atom. The molecule has 1 aliphatic carbocycles. The first-order valence-corrected chi connectivity index (χ1v) is 8.63. The van der Waals surface area contributed by atoms with Crippen LogP contribution in [0.25, 0.3) is 0 Å². The number of nitrogens with zero attached hydrogens (tertiary/aromatic N) is 1. The molecule has 2 radical (unpaired) electrons. The van der Waals surface area contributed by atoms with Crippen LogP contribution in [0.2, 0.25) is 0 Å². The summed E-state index contributed by atoms with van der Waals surface area (Å²) in [6, 6.07) is -1.21. The standard InChI is InChI=1S/C14H22BN3O4.C2H6/c1-8-6-10(18(7-8)12(20)9(2)17-15)11(19)16-14(13(21)22)4-3-5-14;1-2/h8-10,17H,3-7H2,1-2H3,(H,16,19)(H,21,22);1-2H3/t8-,9+,10+;/m1./s1. The molecule has 3 atom stereocenters. The molecule has 2 aliphatic rings. The number of carboxylic acids is 1. The topological polar surface area (TPSA) is 98.7 Å². The fourth-order valence-corrected chi connectivity index (χ4v) is 3.10. The molecule has 134 valence electrons. The van der Waals surface area contributed by atoms with Crippen molar-refractivity contribution in [3.63, 3.8) is 0 Å². The van der Waals surface area contributed by atoms with Crippen LogP contribution in [-0.2, 0) is 14.4 Å². The van der Waals surface area contributed by atoms with Crippen molar-refractivity contribution in [3.05, 3.63) is 0 Å². The van der Waals surface area contributed by atoms with Crippen molar-refractivity contribution in [2.75, 3.05) is 6.54 Å². The Morgan fingerprint density at radius 2 is 1.88 bits per heavy atom. The van der Waals surface area contributed by atoms with Crippen LogP contribution in [0.15, 0.2) is 0 Å². The van der Waals surface area contributed by atoms with Crippen molar-refractivity contribution < 1.29 is 19.5 Å². The van der Waals surface area contributed by atoms with E-state index in [0.29, 0.717) is 25.8 Å². The molecular weight excluding hydrogens is 309 g/mol. The molecule has 2 fully saturated rings. The number of carbonyl (C=O) groups is 3. The molecule has 0 spiro atoms. The van der Waals surface area contributed by atoms with Crippen molar-refractivity contribution in [2.45, 2.75) is 71.0 Å². The molecule has 0 aromatic heterocycles. The summed E-state index contributed by atoms with van der Waals surface area (Å²) in [5.74, 6) is -1.45. The van der Waals surface area contributed by atoms with Gasteiger partial charge in [0.05, 0.1) is 6.04 Å². The average molecular weight is 337 g/mol. The number of nitrogens with one attached hydrogen (secondary N) is 2. The number of hydrogen-bond donors (Lipinski definition) is 3. The smallest absolute Gasteiger partial charge is 0.329 e. The summed E-state index contributed by atoms with van der Waals surface area (Å²) < 4.78 is 0. The van der Waals surface area contributed by atoms with Crippen molar-refractivity contribution in [1.29, 1.82) is 0 Å². The second-order valence-corrected chi connectivity index (χ2v) is 6.47. The van der Waals surface area contributed by atoms with Gasteiger partial charge in [-0.05, 0) is 38.5 Å². The second-order valence-electron chi connectivity index (χ2n) is 6.47. The highest BCUT2D eigenvalue weighted by Gasteiger charge is 2.48. The summed E-state index contributed by atoms with van der Waals surface area (Å²) in [4.78, 5) is 37.7. The van der Waals surface area contributed by atoms with E-state index in [1.807, 2.05) is 20.8 Å². The van der Waals surface area contributed by atoms with Gasteiger partial charge in [0.2, 0.25) is 11.8 Å². The van der Waals surface area contributed by atoms with Crippen LogP contribution in [0.4, 0.5) is 0 Å². The van der Waals surface area contributed by atoms with E-state index in [2.05, 4.69) is 10.5 Å². The predicted molar refractivity (Wildman–Crippen MR) is 91.3 cm³/mol. The van der Waals surface area contributed by atoms with Crippen LogP contribution in [0.5, 0.6) is 0 Å². The van der Waals surface area contributed by atoms with Gasteiger partial charge in [0.1, 0.15) is 11.6 Å². The van der Waals surface area contributed by atoms with E-state index in [1.54, 1.807) is 6.92 Å².